The van der Waals surface area contributed by atoms with Crippen LogP contribution < -0.4 is 10.3 Å². The highest BCUT2D eigenvalue weighted by atomic mass is 32.2. The summed E-state index contributed by atoms with van der Waals surface area (Å²) in [5, 5.41) is 5.38. The quantitative estimate of drug-likeness (QED) is 0.406. The Labute approximate surface area is 199 Å². The Hall–Kier alpha value is -2.46. The molecule has 2 amide bonds. The van der Waals surface area contributed by atoms with Gasteiger partial charge in [0.05, 0.1) is 5.69 Å². The van der Waals surface area contributed by atoms with Crippen molar-refractivity contribution >= 4 is 48.6 Å². The summed E-state index contributed by atoms with van der Waals surface area (Å²) in [6, 6.07) is 18.0. The summed E-state index contributed by atoms with van der Waals surface area (Å²) in [5.41, 5.74) is 3.37. The lowest BCUT2D eigenvalue weighted by Gasteiger charge is -2.15. The second kappa shape index (κ2) is 12.0. The lowest BCUT2D eigenvalue weighted by Crippen LogP contribution is -2.47. The lowest BCUT2D eigenvalue weighted by atomic mass is 10.1. The van der Waals surface area contributed by atoms with Crippen LogP contribution in [0, 0.1) is 0 Å². The smallest absolute Gasteiger partial charge is 0.282 e. The molecule has 0 saturated heterocycles. The van der Waals surface area contributed by atoms with Gasteiger partial charge in [-0.15, -0.1) is 11.3 Å². The van der Waals surface area contributed by atoms with Crippen LogP contribution in [0.1, 0.15) is 15.9 Å². The fourth-order valence-electron chi connectivity index (χ4n) is 3.02. The zero-order valence-electron chi connectivity index (χ0n) is 18.4. The van der Waals surface area contributed by atoms with E-state index in [-0.39, 0.29) is 11.4 Å². The molecule has 3 aromatic rings. The van der Waals surface area contributed by atoms with Gasteiger partial charge in [-0.25, -0.2) is 4.98 Å². The number of amides is 2. The maximum atomic E-state index is 13.0. The molecule has 32 heavy (non-hydrogen) atoms. The monoisotopic (exact) mass is 483 g/mol. The molecule has 1 radical (unpaired) electrons. The number of thiazole rings is 1. The molecule has 0 fully saturated rings. The molecule has 0 aliphatic rings. The molecule has 2 aromatic carbocycles. The van der Waals surface area contributed by atoms with E-state index in [4.69, 9.17) is 0 Å². The summed E-state index contributed by atoms with van der Waals surface area (Å²) in [7, 11) is 2.19. The van der Waals surface area contributed by atoms with Gasteiger partial charge < -0.3 is 15.2 Å². The van der Waals surface area contributed by atoms with Crippen molar-refractivity contribution in [2.45, 2.75) is 12.6 Å². The van der Waals surface area contributed by atoms with Crippen molar-refractivity contribution in [1.29, 1.82) is 0 Å². The van der Waals surface area contributed by atoms with Crippen LogP contribution in [0.3, 0.4) is 0 Å². The Kier molecular flexibility index (Phi) is 9.04. The first-order valence-electron chi connectivity index (χ1n) is 10.2. The zero-order valence-corrected chi connectivity index (χ0v) is 21.1. The number of aromatic nitrogens is 1. The average Bonchev–Trinajstić information content (AvgIpc) is 3.25. The molecular formula is C23H27N4O2S2Si. The summed E-state index contributed by atoms with van der Waals surface area (Å²) in [6.45, 7) is 0.811. The Bertz CT molecular complexity index is 1030. The minimum atomic E-state index is -1.82. The van der Waals surface area contributed by atoms with E-state index in [2.05, 4.69) is 20.2 Å². The highest BCUT2D eigenvalue weighted by Gasteiger charge is 2.26. The van der Waals surface area contributed by atoms with Crippen molar-refractivity contribution in [1.82, 2.24) is 14.9 Å². The Morgan fingerprint density at radius 3 is 2.47 bits per heavy atom. The maximum Gasteiger partial charge on any atom is 0.282 e. The highest BCUT2D eigenvalue weighted by molar-refractivity contribution is 7.98. The topological polar surface area (TPSA) is 74.3 Å². The van der Waals surface area contributed by atoms with Gasteiger partial charge >= 0.3 is 0 Å². The van der Waals surface area contributed by atoms with Crippen LogP contribution in [0.15, 0.2) is 60.0 Å². The standard InChI is InChI=1S/C23H27N4O2S2Si/c1-27(2)15-17-9-11-19(12-10-17)21(28)26-32(14-13-30-3)23(29)25-22-24-20(16-31-22)18-7-5-4-6-8-18/h4-12,16H,13-15H2,1-3H3,(H,26,28)(H,24,25,29). The predicted octanol–water partition coefficient (Wildman–Crippen LogP) is 4.77. The molecule has 0 saturated carbocycles. The van der Waals surface area contributed by atoms with E-state index < -0.39 is 8.96 Å². The normalized spacial score (nSPS) is 11.0. The van der Waals surface area contributed by atoms with Crippen molar-refractivity contribution < 1.29 is 9.59 Å². The summed E-state index contributed by atoms with van der Waals surface area (Å²) in [4.78, 5) is 35.4. The highest BCUT2D eigenvalue weighted by Crippen LogP contribution is 2.24. The first-order chi connectivity index (χ1) is 15.5. The van der Waals surface area contributed by atoms with Crippen LogP contribution in [0.25, 0.3) is 11.3 Å². The van der Waals surface area contributed by atoms with Crippen LogP contribution in [-0.2, 0) is 6.54 Å². The zero-order chi connectivity index (χ0) is 22.9. The largest absolute Gasteiger partial charge is 0.370 e. The third-order valence-electron chi connectivity index (χ3n) is 4.60. The van der Waals surface area contributed by atoms with Gasteiger partial charge in [-0.05, 0) is 49.8 Å². The summed E-state index contributed by atoms with van der Waals surface area (Å²) in [5.74, 6) is 0.590. The molecule has 0 aliphatic carbocycles. The summed E-state index contributed by atoms with van der Waals surface area (Å²) in [6.07, 6.45) is 2.00. The summed E-state index contributed by atoms with van der Waals surface area (Å²) >= 11 is 3.05. The number of nitrogens with zero attached hydrogens (tertiary/aromatic N) is 2. The van der Waals surface area contributed by atoms with Gasteiger partial charge in [-0.1, -0.05) is 42.5 Å². The number of carbonyl (C=O) groups is 2. The van der Waals surface area contributed by atoms with E-state index in [1.807, 2.05) is 80.3 Å². The number of hydrogen-bond acceptors (Lipinski definition) is 6. The summed E-state index contributed by atoms with van der Waals surface area (Å²) < 4.78 is 0. The number of thioether (sulfide) groups is 1. The third-order valence-corrected chi connectivity index (χ3v) is 8.29. The van der Waals surface area contributed by atoms with Gasteiger partial charge in [-0.2, -0.15) is 11.8 Å². The van der Waals surface area contributed by atoms with Gasteiger partial charge in [-0.3, -0.25) is 9.59 Å². The number of carbonyl (C=O) groups excluding carboxylic acids is 2. The van der Waals surface area contributed by atoms with Crippen LogP contribution in [0.5, 0.6) is 0 Å². The van der Waals surface area contributed by atoms with Crippen molar-refractivity contribution in [2.24, 2.45) is 0 Å². The molecule has 167 valence electrons. The second-order valence-electron chi connectivity index (χ2n) is 7.47. The lowest BCUT2D eigenvalue weighted by molar-refractivity contribution is 0.0979. The number of hydrogen-bond donors (Lipinski definition) is 2. The van der Waals surface area contributed by atoms with E-state index in [9.17, 15) is 9.59 Å². The average molecular weight is 484 g/mol. The van der Waals surface area contributed by atoms with E-state index >= 15 is 0 Å². The molecule has 2 N–H and O–H groups in total. The van der Waals surface area contributed by atoms with E-state index in [0.717, 1.165) is 29.1 Å². The van der Waals surface area contributed by atoms with Crippen molar-refractivity contribution in [3.8, 4) is 11.3 Å². The predicted molar refractivity (Wildman–Crippen MR) is 137 cm³/mol. The fourth-order valence-corrected chi connectivity index (χ4v) is 6.61. The van der Waals surface area contributed by atoms with Gasteiger partial charge in [0.1, 0.15) is 0 Å². The molecule has 0 unspecified atom stereocenters. The molecule has 0 aliphatic heterocycles. The van der Waals surface area contributed by atoms with Gasteiger partial charge in [0.2, 0.25) is 11.4 Å². The minimum absolute atomic E-state index is 0.157. The molecule has 0 atom stereocenters. The molecule has 0 spiro atoms. The van der Waals surface area contributed by atoms with Crippen molar-refractivity contribution in [3.05, 3.63) is 71.1 Å². The van der Waals surface area contributed by atoms with Crippen LogP contribution in [0.4, 0.5) is 9.93 Å². The first kappa shape index (κ1) is 24.2. The molecule has 6 nitrogen and oxygen atoms in total. The molecular weight excluding hydrogens is 456 g/mol. The van der Waals surface area contributed by atoms with E-state index in [0.29, 0.717) is 16.7 Å². The van der Waals surface area contributed by atoms with Crippen LogP contribution in [-0.4, -0.2) is 56.4 Å². The molecule has 3 rings (SSSR count). The molecule has 1 aromatic heterocycles. The minimum Gasteiger partial charge on any atom is -0.370 e. The third kappa shape index (κ3) is 7.03. The first-order valence-corrected chi connectivity index (χ1v) is 14.2. The van der Waals surface area contributed by atoms with Gasteiger partial charge in [0.15, 0.2) is 5.13 Å². The van der Waals surface area contributed by atoms with Crippen LogP contribution >= 0.6 is 23.1 Å². The van der Waals surface area contributed by atoms with Gasteiger partial charge in [0, 0.05) is 23.1 Å². The maximum absolute atomic E-state index is 13.0. The number of benzene rings is 2. The Morgan fingerprint density at radius 1 is 1.09 bits per heavy atom. The number of anilines is 1. The number of rotatable bonds is 10. The second-order valence-corrected chi connectivity index (χ2v) is 11.5. The SMILES string of the molecule is CSCC[Si](NC(=O)c1ccc(CN(C)C)cc1)C(=O)Nc1nc(-c2ccccc2)cs1. The molecule has 9 heteroatoms. The van der Waals surface area contributed by atoms with E-state index in [1.54, 1.807) is 11.8 Å². The molecule has 1 heterocycles. The van der Waals surface area contributed by atoms with Crippen molar-refractivity contribution in [2.75, 3.05) is 31.4 Å². The van der Waals surface area contributed by atoms with E-state index in [1.165, 1.54) is 11.3 Å². The van der Waals surface area contributed by atoms with Gasteiger partial charge in [0.25, 0.3) is 8.96 Å². The Morgan fingerprint density at radius 2 is 1.81 bits per heavy atom. The van der Waals surface area contributed by atoms with Crippen LogP contribution in [0.2, 0.25) is 6.04 Å². The molecule has 0 bridgehead atoms. The number of nitrogens with one attached hydrogen (secondary N) is 2. The fraction of sp³-hybridized carbons (Fsp3) is 0.261. The Balaban J connectivity index is 1.65. The van der Waals surface area contributed by atoms with Crippen molar-refractivity contribution in [3.63, 3.8) is 0 Å².